The van der Waals surface area contributed by atoms with Crippen LogP contribution in [0.15, 0.2) is 47.6 Å². The first-order valence-electron chi connectivity index (χ1n) is 10.8. The van der Waals surface area contributed by atoms with Crippen LogP contribution in [0, 0.1) is 0 Å². The smallest absolute Gasteiger partial charge is 0.243 e. The fraction of sp³-hybridized carbons (Fsp3) is 0.500. The van der Waals surface area contributed by atoms with Crippen molar-refractivity contribution in [1.82, 2.24) is 23.9 Å². The third kappa shape index (κ3) is 5.74. The van der Waals surface area contributed by atoms with Crippen molar-refractivity contribution in [3.8, 4) is 0 Å². The minimum Gasteiger partial charge on any atom is -0.340 e. The van der Waals surface area contributed by atoms with Crippen LogP contribution in [0.25, 0.3) is 0 Å². The van der Waals surface area contributed by atoms with Crippen LogP contribution in [-0.4, -0.2) is 76.3 Å². The molecule has 1 aromatic heterocycles. The van der Waals surface area contributed by atoms with Crippen LogP contribution in [0.3, 0.4) is 0 Å². The van der Waals surface area contributed by atoms with Crippen molar-refractivity contribution < 1.29 is 18.0 Å². The molecule has 10 heteroatoms. The minimum atomic E-state index is -3.56. The van der Waals surface area contributed by atoms with Gasteiger partial charge in [-0.3, -0.25) is 14.3 Å². The molecule has 0 radical (unpaired) electrons. The Morgan fingerprint density at radius 1 is 1.06 bits per heavy atom. The molecule has 1 aliphatic heterocycles. The van der Waals surface area contributed by atoms with Gasteiger partial charge in [0.15, 0.2) is 0 Å². The molecule has 0 atom stereocenters. The van der Waals surface area contributed by atoms with Gasteiger partial charge in [0.2, 0.25) is 21.8 Å². The highest BCUT2D eigenvalue weighted by molar-refractivity contribution is 7.89. The average molecular weight is 462 g/mol. The second-order valence-corrected chi connectivity index (χ2v) is 10.2. The van der Waals surface area contributed by atoms with E-state index in [0.717, 1.165) is 5.56 Å². The van der Waals surface area contributed by atoms with Crippen molar-refractivity contribution in [2.24, 2.45) is 7.05 Å². The lowest BCUT2D eigenvalue weighted by Gasteiger charge is -2.34. The maximum Gasteiger partial charge on any atom is 0.243 e. The van der Waals surface area contributed by atoms with Crippen LogP contribution >= 0.6 is 0 Å². The largest absolute Gasteiger partial charge is 0.340 e. The molecule has 1 saturated heterocycles. The molecule has 2 heterocycles. The molecule has 9 nitrogen and oxygen atoms in total. The molecule has 0 bridgehead atoms. The van der Waals surface area contributed by atoms with Gasteiger partial charge in [0.1, 0.15) is 0 Å². The first-order chi connectivity index (χ1) is 15.2. The number of rotatable bonds is 8. The SMILES string of the molecule is CC(C)N(Cc1cnn(C)c1)C(=O)CCC(=O)N1CCN(S(=O)(=O)c2ccccc2)CC1. The van der Waals surface area contributed by atoms with E-state index in [-0.39, 0.29) is 48.7 Å². The molecule has 32 heavy (non-hydrogen) atoms. The number of aryl methyl sites for hydroxylation is 1. The molecular formula is C22H31N5O4S. The van der Waals surface area contributed by atoms with Gasteiger partial charge in [-0.15, -0.1) is 0 Å². The molecular weight excluding hydrogens is 430 g/mol. The summed E-state index contributed by atoms with van der Waals surface area (Å²) in [5, 5.41) is 4.14. The molecule has 174 valence electrons. The second kappa shape index (κ2) is 10.3. The van der Waals surface area contributed by atoms with Crippen LogP contribution in [0.5, 0.6) is 0 Å². The number of amides is 2. The van der Waals surface area contributed by atoms with Gasteiger partial charge < -0.3 is 9.80 Å². The number of benzene rings is 1. The maximum absolute atomic E-state index is 12.8. The predicted octanol–water partition coefficient (Wildman–Crippen LogP) is 1.47. The van der Waals surface area contributed by atoms with Gasteiger partial charge >= 0.3 is 0 Å². The number of hydrogen-bond donors (Lipinski definition) is 0. The lowest BCUT2D eigenvalue weighted by Crippen LogP contribution is -2.50. The maximum atomic E-state index is 12.8. The Labute approximate surface area is 189 Å². The summed E-state index contributed by atoms with van der Waals surface area (Å²) in [6, 6.07) is 8.31. The number of sulfonamides is 1. The van der Waals surface area contributed by atoms with E-state index < -0.39 is 10.0 Å². The van der Waals surface area contributed by atoms with Crippen molar-refractivity contribution in [3.05, 3.63) is 48.3 Å². The van der Waals surface area contributed by atoms with E-state index in [1.807, 2.05) is 27.1 Å². The Balaban J connectivity index is 1.50. The van der Waals surface area contributed by atoms with E-state index in [2.05, 4.69) is 5.10 Å². The number of carbonyl (C=O) groups is 2. The number of nitrogens with zero attached hydrogens (tertiary/aromatic N) is 5. The van der Waals surface area contributed by atoms with Gasteiger partial charge in [-0.1, -0.05) is 18.2 Å². The minimum absolute atomic E-state index is 0.00421. The predicted molar refractivity (Wildman–Crippen MR) is 120 cm³/mol. The van der Waals surface area contributed by atoms with Crippen LogP contribution in [0.4, 0.5) is 0 Å². The van der Waals surface area contributed by atoms with Crippen molar-refractivity contribution in [2.45, 2.75) is 44.2 Å². The van der Waals surface area contributed by atoms with E-state index in [9.17, 15) is 18.0 Å². The van der Waals surface area contributed by atoms with E-state index >= 15 is 0 Å². The first kappa shape index (κ1) is 23.9. The van der Waals surface area contributed by atoms with Crippen LogP contribution < -0.4 is 0 Å². The molecule has 3 rings (SSSR count). The Morgan fingerprint density at radius 3 is 2.28 bits per heavy atom. The Morgan fingerprint density at radius 2 is 1.72 bits per heavy atom. The van der Waals surface area contributed by atoms with E-state index in [4.69, 9.17) is 0 Å². The molecule has 1 aromatic carbocycles. The van der Waals surface area contributed by atoms with Gasteiger partial charge in [-0.2, -0.15) is 9.40 Å². The molecule has 0 aliphatic carbocycles. The number of carbonyl (C=O) groups excluding carboxylic acids is 2. The Kier molecular flexibility index (Phi) is 7.68. The van der Waals surface area contributed by atoms with Gasteiger partial charge in [-0.05, 0) is 26.0 Å². The number of aromatic nitrogens is 2. The summed E-state index contributed by atoms with van der Waals surface area (Å²) >= 11 is 0. The molecule has 0 N–H and O–H groups in total. The molecule has 0 unspecified atom stereocenters. The standard InChI is InChI=1S/C22H31N5O4S/c1-18(2)27(17-19-15-23-24(3)16-19)22(29)10-9-21(28)25-11-13-26(14-12-25)32(30,31)20-7-5-4-6-8-20/h4-8,15-16,18H,9-14,17H2,1-3H3. The van der Waals surface area contributed by atoms with Gasteiger partial charge in [0, 0.05) is 70.4 Å². The van der Waals surface area contributed by atoms with E-state index in [1.54, 1.807) is 51.0 Å². The van der Waals surface area contributed by atoms with E-state index in [1.165, 1.54) is 4.31 Å². The fourth-order valence-electron chi connectivity index (χ4n) is 3.74. The summed E-state index contributed by atoms with van der Waals surface area (Å²) in [6.45, 7) is 5.48. The van der Waals surface area contributed by atoms with E-state index in [0.29, 0.717) is 19.6 Å². The second-order valence-electron chi connectivity index (χ2n) is 8.24. The molecule has 0 saturated carbocycles. The zero-order valence-corrected chi connectivity index (χ0v) is 19.7. The summed E-state index contributed by atoms with van der Waals surface area (Å²) in [6.07, 6.45) is 3.84. The molecule has 0 spiro atoms. The zero-order valence-electron chi connectivity index (χ0n) is 18.8. The highest BCUT2D eigenvalue weighted by Crippen LogP contribution is 2.18. The summed E-state index contributed by atoms with van der Waals surface area (Å²) in [7, 11) is -1.73. The summed E-state index contributed by atoms with van der Waals surface area (Å²) < 4.78 is 28.6. The lowest BCUT2D eigenvalue weighted by molar-refractivity contribution is -0.139. The molecule has 1 fully saturated rings. The molecule has 2 amide bonds. The summed E-state index contributed by atoms with van der Waals surface area (Å²) in [5.74, 6) is -0.206. The van der Waals surface area contributed by atoms with Gasteiger partial charge in [0.05, 0.1) is 11.1 Å². The first-order valence-corrected chi connectivity index (χ1v) is 12.2. The Bertz CT molecular complexity index is 1030. The van der Waals surface area contributed by atoms with Crippen molar-refractivity contribution in [1.29, 1.82) is 0 Å². The topological polar surface area (TPSA) is 95.8 Å². The normalized spacial score (nSPS) is 15.2. The molecule has 1 aliphatic rings. The van der Waals surface area contributed by atoms with Crippen LogP contribution in [-0.2, 0) is 33.2 Å². The molecule has 2 aromatic rings. The lowest BCUT2D eigenvalue weighted by atomic mass is 10.2. The highest BCUT2D eigenvalue weighted by atomic mass is 32.2. The summed E-state index contributed by atoms with van der Waals surface area (Å²) in [5.41, 5.74) is 0.941. The quantitative estimate of drug-likeness (QED) is 0.593. The number of hydrogen-bond acceptors (Lipinski definition) is 5. The Hall–Kier alpha value is -2.72. The monoisotopic (exact) mass is 461 g/mol. The van der Waals surface area contributed by atoms with Crippen LogP contribution in [0.1, 0.15) is 32.3 Å². The average Bonchev–Trinajstić information content (AvgIpc) is 3.20. The third-order valence-electron chi connectivity index (χ3n) is 5.58. The fourth-order valence-corrected chi connectivity index (χ4v) is 5.19. The zero-order chi connectivity index (χ0) is 23.3. The van der Waals surface area contributed by atoms with Gasteiger partial charge in [-0.25, -0.2) is 8.42 Å². The third-order valence-corrected chi connectivity index (χ3v) is 7.49. The van der Waals surface area contributed by atoms with Crippen molar-refractivity contribution >= 4 is 21.8 Å². The van der Waals surface area contributed by atoms with Crippen molar-refractivity contribution in [2.75, 3.05) is 26.2 Å². The van der Waals surface area contributed by atoms with Gasteiger partial charge in [0.25, 0.3) is 0 Å². The summed E-state index contributed by atoms with van der Waals surface area (Å²) in [4.78, 5) is 29.1. The van der Waals surface area contributed by atoms with Crippen molar-refractivity contribution in [3.63, 3.8) is 0 Å². The van der Waals surface area contributed by atoms with Crippen LogP contribution in [0.2, 0.25) is 0 Å². The highest BCUT2D eigenvalue weighted by Gasteiger charge is 2.30. The number of piperazine rings is 1.